The molecule has 2 fully saturated rings. The summed E-state index contributed by atoms with van der Waals surface area (Å²) < 4.78 is 5.82. The van der Waals surface area contributed by atoms with Gasteiger partial charge in [0.05, 0.1) is 12.7 Å². The third kappa shape index (κ3) is 3.20. The number of hydrogen-bond acceptors (Lipinski definition) is 3. The van der Waals surface area contributed by atoms with Crippen LogP contribution in [-0.4, -0.2) is 21.8 Å². The maximum absolute atomic E-state index is 12.3. The van der Waals surface area contributed by atoms with Crippen LogP contribution in [0.5, 0.6) is 0 Å². The molecule has 1 amide bonds. The van der Waals surface area contributed by atoms with Gasteiger partial charge < -0.3 is 9.32 Å². The summed E-state index contributed by atoms with van der Waals surface area (Å²) in [5, 5.41) is 0. The number of rotatable bonds is 5. The first kappa shape index (κ1) is 14.4. The summed E-state index contributed by atoms with van der Waals surface area (Å²) in [6.45, 7) is 6.40. The number of amides is 1. The van der Waals surface area contributed by atoms with Gasteiger partial charge in [0.2, 0.25) is 5.91 Å². The van der Waals surface area contributed by atoms with Gasteiger partial charge in [0.25, 0.3) is 0 Å². The van der Waals surface area contributed by atoms with Crippen molar-refractivity contribution in [2.45, 2.75) is 64.0 Å². The third-order valence-corrected chi connectivity index (χ3v) is 4.75. The molecule has 0 radical (unpaired) electrons. The molecule has 2 aliphatic carbocycles. The summed E-state index contributed by atoms with van der Waals surface area (Å²) in [5.41, 5.74) is 0. The lowest BCUT2D eigenvalue weighted by Crippen LogP contribution is -2.44. The first-order valence-electron chi connectivity index (χ1n) is 8.06. The topological polar surface area (TPSA) is 46.3 Å². The van der Waals surface area contributed by atoms with Gasteiger partial charge >= 0.3 is 0 Å². The van der Waals surface area contributed by atoms with Crippen molar-refractivity contribution >= 4 is 5.91 Å². The molecule has 1 aromatic rings. The zero-order valence-corrected chi connectivity index (χ0v) is 12.8. The predicted octanol–water partition coefficient (Wildman–Crippen LogP) is 3.65. The molecule has 4 heteroatoms. The lowest BCUT2D eigenvalue weighted by molar-refractivity contribution is -0.131. The minimum Gasteiger partial charge on any atom is -0.444 e. The van der Waals surface area contributed by atoms with Crippen LogP contribution >= 0.6 is 0 Å². The SMILES string of the molecule is C=CC(=O)N(Cc1cnc(C2CC2)o1)C1CCCCC1C. The zero-order chi connectivity index (χ0) is 14.8. The van der Waals surface area contributed by atoms with Crippen LogP contribution in [0.25, 0.3) is 0 Å². The van der Waals surface area contributed by atoms with Gasteiger partial charge in [0.1, 0.15) is 5.76 Å². The van der Waals surface area contributed by atoms with Crippen LogP contribution in [0, 0.1) is 5.92 Å². The Morgan fingerprint density at radius 1 is 1.43 bits per heavy atom. The Kier molecular flexibility index (Phi) is 4.13. The first-order chi connectivity index (χ1) is 10.2. The van der Waals surface area contributed by atoms with E-state index in [1.54, 1.807) is 6.20 Å². The Morgan fingerprint density at radius 2 is 2.19 bits per heavy atom. The molecule has 114 valence electrons. The fourth-order valence-corrected chi connectivity index (χ4v) is 3.32. The third-order valence-electron chi connectivity index (χ3n) is 4.75. The lowest BCUT2D eigenvalue weighted by Gasteiger charge is -2.37. The van der Waals surface area contributed by atoms with E-state index in [0.717, 1.165) is 18.1 Å². The molecular formula is C17H24N2O2. The van der Waals surface area contributed by atoms with E-state index in [0.29, 0.717) is 24.4 Å². The number of carbonyl (C=O) groups excluding carboxylic acids is 1. The van der Waals surface area contributed by atoms with E-state index in [1.807, 2.05) is 4.90 Å². The first-order valence-corrected chi connectivity index (χ1v) is 8.06. The van der Waals surface area contributed by atoms with Crippen molar-refractivity contribution < 1.29 is 9.21 Å². The van der Waals surface area contributed by atoms with E-state index in [-0.39, 0.29) is 5.91 Å². The van der Waals surface area contributed by atoms with Crippen LogP contribution in [-0.2, 0) is 11.3 Å². The highest BCUT2D eigenvalue weighted by atomic mass is 16.4. The van der Waals surface area contributed by atoms with E-state index in [4.69, 9.17) is 4.42 Å². The number of carbonyl (C=O) groups is 1. The van der Waals surface area contributed by atoms with E-state index >= 15 is 0 Å². The minimum atomic E-state index is -0.00174. The highest BCUT2D eigenvalue weighted by Gasteiger charge is 2.32. The zero-order valence-electron chi connectivity index (χ0n) is 12.8. The molecule has 21 heavy (non-hydrogen) atoms. The molecule has 0 saturated heterocycles. The summed E-state index contributed by atoms with van der Waals surface area (Å²) in [6.07, 6.45) is 10.3. The van der Waals surface area contributed by atoms with Gasteiger partial charge in [-0.2, -0.15) is 0 Å². The summed E-state index contributed by atoms with van der Waals surface area (Å²) in [7, 11) is 0. The predicted molar refractivity (Wildman–Crippen MR) is 80.6 cm³/mol. The van der Waals surface area contributed by atoms with Crippen molar-refractivity contribution in [3.8, 4) is 0 Å². The van der Waals surface area contributed by atoms with Gasteiger partial charge in [-0.15, -0.1) is 0 Å². The molecule has 0 bridgehead atoms. The van der Waals surface area contributed by atoms with Crippen LogP contribution in [0.3, 0.4) is 0 Å². The van der Waals surface area contributed by atoms with Gasteiger partial charge in [0.15, 0.2) is 5.89 Å². The quantitative estimate of drug-likeness (QED) is 0.777. The molecule has 4 nitrogen and oxygen atoms in total. The van der Waals surface area contributed by atoms with E-state index < -0.39 is 0 Å². The maximum Gasteiger partial charge on any atom is 0.246 e. The molecule has 3 rings (SSSR count). The second kappa shape index (κ2) is 6.04. The van der Waals surface area contributed by atoms with Crippen LogP contribution in [0.2, 0.25) is 0 Å². The van der Waals surface area contributed by atoms with Crippen LogP contribution in [0.1, 0.15) is 63.0 Å². The second-order valence-corrected chi connectivity index (χ2v) is 6.44. The average molecular weight is 288 g/mol. The summed E-state index contributed by atoms with van der Waals surface area (Å²) in [6, 6.07) is 0.290. The van der Waals surface area contributed by atoms with Crippen LogP contribution < -0.4 is 0 Å². The van der Waals surface area contributed by atoms with Crippen molar-refractivity contribution in [3.63, 3.8) is 0 Å². The number of hydrogen-bond donors (Lipinski definition) is 0. The Hall–Kier alpha value is -1.58. The second-order valence-electron chi connectivity index (χ2n) is 6.44. The molecule has 0 N–H and O–H groups in total. The number of nitrogens with zero attached hydrogens (tertiary/aromatic N) is 2. The lowest BCUT2D eigenvalue weighted by atomic mass is 9.84. The van der Waals surface area contributed by atoms with E-state index in [1.165, 1.54) is 38.2 Å². The molecule has 0 aromatic carbocycles. The average Bonchev–Trinajstić information content (AvgIpc) is 3.25. The maximum atomic E-state index is 12.3. The normalized spacial score (nSPS) is 25.6. The summed E-state index contributed by atoms with van der Waals surface area (Å²) in [4.78, 5) is 18.5. The summed E-state index contributed by atoms with van der Waals surface area (Å²) in [5.74, 6) is 2.68. The van der Waals surface area contributed by atoms with Crippen molar-refractivity contribution in [3.05, 3.63) is 30.5 Å². The molecule has 1 heterocycles. The largest absolute Gasteiger partial charge is 0.444 e. The molecule has 0 aliphatic heterocycles. The van der Waals surface area contributed by atoms with E-state index in [2.05, 4.69) is 18.5 Å². The van der Waals surface area contributed by atoms with E-state index in [9.17, 15) is 4.79 Å². The highest BCUT2D eigenvalue weighted by Crippen LogP contribution is 2.39. The van der Waals surface area contributed by atoms with Gasteiger partial charge in [0, 0.05) is 12.0 Å². The molecule has 2 unspecified atom stereocenters. The van der Waals surface area contributed by atoms with Crippen LogP contribution in [0.4, 0.5) is 0 Å². The standard InChI is InChI=1S/C17H24N2O2/c1-3-16(20)19(15-7-5-4-6-12(15)2)11-14-10-18-17(21-14)13-8-9-13/h3,10,12-13,15H,1,4-9,11H2,2H3. The smallest absolute Gasteiger partial charge is 0.246 e. The fraction of sp³-hybridized carbons (Fsp3) is 0.647. The van der Waals surface area contributed by atoms with Crippen molar-refractivity contribution in [2.24, 2.45) is 5.92 Å². The monoisotopic (exact) mass is 288 g/mol. The van der Waals surface area contributed by atoms with Crippen molar-refractivity contribution in [1.29, 1.82) is 0 Å². The van der Waals surface area contributed by atoms with Gasteiger partial charge in [-0.25, -0.2) is 4.98 Å². The van der Waals surface area contributed by atoms with Crippen LogP contribution in [0.15, 0.2) is 23.3 Å². The molecular weight excluding hydrogens is 264 g/mol. The van der Waals surface area contributed by atoms with Gasteiger partial charge in [-0.3, -0.25) is 4.79 Å². The molecule has 0 spiro atoms. The fourth-order valence-electron chi connectivity index (χ4n) is 3.32. The Balaban J connectivity index is 1.74. The Bertz CT molecular complexity index is 519. The number of aromatic nitrogens is 1. The minimum absolute atomic E-state index is 0.00174. The van der Waals surface area contributed by atoms with Crippen molar-refractivity contribution in [1.82, 2.24) is 9.88 Å². The van der Waals surface area contributed by atoms with Crippen molar-refractivity contribution in [2.75, 3.05) is 0 Å². The Morgan fingerprint density at radius 3 is 2.86 bits per heavy atom. The molecule has 2 aliphatic rings. The Labute approximate surface area is 126 Å². The van der Waals surface area contributed by atoms with Gasteiger partial charge in [-0.1, -0.05) is 26.3 Å². The summed E-state index contributed by atoms with van der Waals surface area (Å²) >= 11 is 0. The highest BCUT2D eigenvalue weighted by molar-refractivity contribution is 5.87. The number of oxazole rings is 1. The molecule has 1 aromatic heterocycles. The molecule has 2 atom stereocenters. The molecule has 2 saturated carbocycles. The van der Waals surface area contributed by atoms with Gasteiger partial charge in [-0.05, 0) is 37.7 Å².